The second-order valence-corrected chi connectivity index (χ2v) is 7.38. The number of methoxy groups -OCH3 is 1. The molecule has 10 heteroatoms. The molecule has 0 fully saturated rings. The predicted molar refractivity (Wildman–Crippen MR) is 104 cm³/mol. The van der Waals surface area contributed by atoms with Gasteiger partial charge in [0, 0.05) is 13.1 Å². The summed E-state index contributed by atoms with van der Waals surface area (Å²) in [7, 11) is 1.60. The fraction of sp³-hybridized carbons (Fsp3) is 0.353. The van der Waals surface area contributed by atoms with E-state index in [0.29, 0.717) is 28.3 Å². The van der Waals surface area contributed by atoms with E-state index < -0.39 is 0 Å². The van der Waals surface area contributed by atoms with E-state index in [4.69, 9.17) is 15.3 Å². The summed E-state index contributed by atoms with van der Waals surface area (Å²) in [6, 6.07) is 11.5. The minimum Gasteiger partial charge on any atom is -0.495 e. The minimum atomic E-state index is -0.125. The van der Waals surface area contributed by atoms with Gasteiger partial charge in [0.1, 0.15) is 5.75 Å². The number of para-hydroxylation sites is 2. The lowest BCUT2D eigenvalue weighted by molar-refractivity contribution is -0.128. The van der Waals surface area contributed by atoms with Crippen molar-refractivity contribution in [1.29, 1.82) is 10.5 Å². The van der Waals surface area contributed by atoms with Gasteiger partial charge < -0.3 is 15.0 Å². The van der Waals surface area contributed by atoms with Crippen molar-refractivity contribution >= 4 is 39.8 Å². The Bertz CT molecular complexity index is 824. The number of carbonyl (C=O) groups is 1. The summed E-state index contributed by atoms with van der Waals surface area (Å²) in [5.74, 6) is 0.753. The highest BCUT2D eigenvalue weighted by Gasteiger charge is 2.15. The lowest BCUT2D eigenvalue weighted by Crippen LogP contribution is -2.34. The highest BCUT2D eigenvalue weighted by molar-refractivity contribution is 8.01. The average Bonchev–Trinajstić information content (AvgIpc) is 3.14. The van der Waals surface area contributed by atoms with E-state index >= 15 is 0 Å². The number of nitrogens with one attached hydrogen (secondary N) is 1. The molecule has 27 heavy (non-hydrogen) atoms. The average molecular weight is 403 g/mol. The lowest BCUT2D eigenvalue weighted by Gasteiger charge is -2.19. The molecular formula is C17H18N6O2S2. The zero-order valence-electron chi connectivity index (χ0n) is 14.7. The van der Waals surface area contributed by atoms with Crippen LogP contribution in [0.1, 0.15) is 12.8 Å². The van der Waals surface area contributed by atoms with Gasteiger partial charge in [0.15, 0.2) is 4.34 Å². The third-order valence-corrected chi connectivity index (χ3v) is 5.37. The van der Waals surface area contributed by atoms with Crippen LogP contribution in [0.15, 0.2) is 28.6 Å². The van der Waals surface area contributed by atoms with Gasteiger partial charge in [-0.1, -0.05) is 35.2 Å². The van der Waals surface area contributed by atoms with Crippen molar-refractivity contribution in [1.82, 2.24) is 15.1 Å². The van der Waals surface area contributed by atoms with Crippen LogP contribution in [0.25, 0.3) is 0 Å². The molecular weight excluding hydrogens is 384 g/mol. The Morgan fingerprint density at radius 1 is 1.26 bits per heavy atom. The van der Waals surface area contributed by atoms with Crippen LogP contribution in [-0.4, -0.2) is 47.0 Å². The summed E-state index contributed by atoms with van der Waals surface area (Å²) < 4.78 is 5.94. The number of nitrogens with zero attached hydrogens (tertiary/aromatic N) is 5. The van der Waals surface area contributed by atoms with Gasteiger partial charge in [0.05, 0.1) is 43.5 Å². The fourth-order valence-electron chi connectivity index (χ4n) is 2.13. The number of benzene rings is 1. The Morgan fingerprint density at radius 3 is 2.63 bits per heavy atom. The molecule has 2 rings (SSSR count). The summed E-state index contributed by atoms with van der Waals surface area (Å²) in [6.45, 7) is 0.655. The zero-order chi connectivity index (χ0) is 19.5. The molecule has 0 atom stereocenters. The summed E-state index contributed by atoms with van der Waals surface area (Å²) in [5, 5.41) is 29.3. The number of hydrogen-bond acceptors (Lipinski definition) is 9. The quantitative estimate of drug-likeness (QED) is 0.603. The number of aromatic nitrogens is 2. The van der Waals surface area contributed by atoms with Crippen LogP contribution in [0.2, 0.25) is 0 Å². The number of thioether (sulfide) groups is 1. The molecule has 0 unspecified atom stereocenters. The van der Waals surface area contributed by atoms with Gasteiger partial charge in [0.25, 0.3) is 0 Å². The van der Waals surface area contributed by atoms with Crippen LogP contribution in [0, 0.1) is 22.7 Å². The standard InChI is InChI=1S/C17H18N6O2S2/c1-25-14-7-3-2-6-13(14)20-16-21-22-17(27-16)26-12-15(24)23(10-4-8-18)11-5-9-19/h2-3,6-7H,4-5,10-12H2,1H3,(H,20,21). The van der Waals surface area contributed by atoms with Gasteiger partial charge in [0.2, 0.25) is 11.0 Å². The molecule has 0 aliphatic heterocycles. The first-order valence-corrected chi connectivity index (χ1v) is 9.86. The van der Waals surface area contributed by atoms with Gasteiger partial charge in [-0.05, 0) is 12.1 Å². The second-order valence-electron chi connectivity index (χ2n) is 5.18. The van der Waals surface area contributed by atoms with Crippen LogP contribution >= 0.6 is 23.1 Å². The van der Waals surface area contributed by atoms with Crippen molar-refractivity contribution in [2.45, 2.75) is 17.2 Å². The Kier molecular flexibility index (Phi) is 8.36. The fourth-order valence-corrected chi connectivity index (χ4v) is 3.79. The van der Waals surface area contributed by atoms with E-state index in [9.17, 15) is 4.79 Å². The largest absolute Gasteiger partial charge is 0.495 e. The topological polar surface area (TPSA) is 115 Å². The van der Waals surface area contributed by atoms with Gasteiger partial charge >= 0.3 is 0 Å². The van der Waals surface area contributed by atoms with Gasteiger partial charge in [-0.15, -0.1) is 10.2 Å². The minimum absolute atomic E-state index is 0.125. The highest BCUT2D eigenvalue weighted by atomic mass is 32.2. The molecule has 1 aromatic heterocycles. The van der Waals surface area contributed by atoms with Crippen LogP contribution in [0.5, 0.6) is 5.75 Å². The Balaban J connectivity index is 1.92. The van der Waals surface area contributed by atoms with E-state index in [1.54, 1.807) is 7.11 Å². The van der Waals surface area contributed by atoms with E-state index in [-0.39, 0.29) is 24.5 Å². The molecule has 0 aliphatic carbocycles. The van der Waals surface area contributed by atoms with Crippen LogP contribution in [0.3, 0.4) is 0 Å². The third kappa shape index (κ3) is 6.44. The summed E-state index contributed by atoms with van der Waals surface area (Å²) in [6.07, 6.45) is 0.487. The smallest absolute Gasteiger partial charge is 0.233 e. The molecule has 0 radical (unpaired) electrons. The first-order chi connectivity index (χ1) is 13.2. The van der Waals surface area contributed by atoms with E-state index in [0.717, 1.165) is 5.69 Å². The van der Waals surface area contributed by atoms with Crippen LogP contribution in [-0.2, 0) is 4.79 Å². The molecule has 0 saturated carbocycles. The van der Waals surface area contributed by atoms with Crippen molar-refractivity contribution in [3.63, 3.8) is 0 Å². The molecule has 1 heterocycles. The first kappa shape index (κ1) is 20.5. The first-order valence-electron chi connectivity index (χ1n) is 8.06. The van der Waals surface area contributed by atoms with Crippen molar-refractivity contribution in [3.8, 4) is 17.9 Å². The molecule has 0 aliphatic rings. The highest BCUT2D eigenvalue weighted by Crippen LogP contribution is 2.31. The van der Waals surface area contributed by atoms with Crippen molar-refractivity contribution < 1.29 is 9.53 Å². The number of rotatable bonds is 10. The van der Waals surface area contributed by atoms with E-state index in [1.165, 1.54) is 28.0 Å². The molecule has 1 aromatic carbocycles. The van der Waals surface area contributed by atoms with E-state index in [1.807, 2.05) is 36.4 Å². The van der Waals surface area contributed by atoms with Crippen LogP contribution < -0.4 is 10.1 Å². The molecule has 0 saturated heterocycles. The molecule has 140 valence electrons. The van der Waals surface area contributed by atoms with Crippen molar-refractivity contribution in [2.75, 3.05) is 31.3 Å². The Morgan fingerprint density at radius 2 is 1.96 bits per heavy atom. The van der Waals surface area contributed by atoms with Gasteiger partial charge in [-0.3, -0.25) is 4.79 Å². The summed E-state index contributed by atoms with van der Waals surface area (Å²) in [5.41, 5.74) is 0.781. The Hall–Kier alpha value is -2.82. The molecule has 0 spiro atoms. The summed E-state index contributed by atoms with van der Waals surface area (Å²) >= 11 is 2.62. The molecule has 1 amide bonds. The number of amides is 1. The van der Waals surface area contributed by atoms with Gasteiger partial charge in [-0.25, -0.2) is 0 Å². The van der Waals surface area contributed by atoms with Crippen molar-refractivity contribution in [2.24, 2.45) is 0 Å². The third-order valence-electron chi connectivity index (χ3n) is 3.41. The number of nitriles is 2. The maximum absolute atomic E-state index is 12.3. The van der Waals surface area contributed by atoms with Crippen molar-refractivity contribution in [3.05, 3.63) is 24.3 Å². The zero-order valence-corrected chi connectivity index (χ0v) is 16.3. The maximum atomic E-state index is 12.3. The Labute approximate surface area is 165 Å². The molecule has 1 N–H and O–H groups in total. The maximum Gasteiger partial charge on any atom is 0.233 e. The van der Waals surface area contributed by atoms with Gasteiger partial charge in [-0.2, -0.15) is 10.5 Å². The van der Waals surface area contributed by atoms with E-state index in [2.05, 4.69) is 15.5 Å². The molecule has 0 bridgehead atoms. The summed E-state index contributed by atoms with van der Waals surface area (Å²) in [4.78, 5) is 13.9. The second kappa shape index (κ2) is 11.0. The molecule has 8 nitrogen and oxygen atoms in total. The number of carbonyl (C=O) groups excluding carboxylic acids is 1. The number of hydrogen-bond donors (Lipinski definition) is 1. The predicted octanol–water partition coefficient (Wildman–Crippen LogP) is 3.04. The lowest BCUT2D eigenvalue weighted by atomic mass is 10.3. The van der Waals surface area contributed by atoms with Crippen LogP contribution in [0.4, 0.5) is 10.8 Å². The number of anilines is 2. The molecule has 2 aromatic rings. The number of ether oxygens (including phenoxy) is 1. The normalized spacial score (nSPS) is 9.89. The monoisotopic (exact) mass is 402 g/mol. The SMILES string of the molecule is COc1ccccc1Nc1nnc(SCC(=O)N(CCC#N)CCC#N)s1.